The maximum absolute atomic E-state index is 13.4. The molecule has 0 bridgehead atoms. The van der Waals surface area contributed by atoms with E-state index in [4.69, 9.17) is 11.6 Å². The number of aryl methyl sites for hydroxylation is 1. The molecular formula is C13H9ClF. The molecule has 0 aliphatic carbocycles. The predicted octanol–water partition coefficient (Wildman–Crippen LogP) is 4.25. The Hall–Kier alpha value is -1.34. The molecular weight excluding hydrogens is 211 g/mol. The van der Waals surface area contributed by atoms with Gasteiger partial charge in [0, 0.05) is 16.7 Å². The first kappa shape index (κ1) is 10.2. The average Bonchev–Trinajstić information content (AvgIpc) is 2.23. The molecule has 1 radical (unpaired) electrons. The Labute approximate surface area is 93.3 Å². The van der Waals surface area contributed by atoms with Crippen molar-refractivity contribution in [1.29, 1.82) is 0 Å². The Morgan fingerprint density at radius 3 is 2.73 bits per heavy atom. The third-order valence-electron chi connectivity index (χ3n) is 2.27. The summed E-state index contributed by atoms with van der Waals surface area (Å²) < 4.78 is 13.4. The van der Waals surface area contributed by atoms with Crippen LogP contribution in [0.25, 0.3) is 11.1 Å². The number of benzene rings is 2. The summed E-state index contributed by atoms with van der Waals surface area (Å²) in [6.07, 6.45) is 0. The van der Waals surface area contributed by atoms with Crippen LogP contribution in [0.3, 0.4) is 0 Å². The molecule has 0 heterocycles. The van der Waals surface area contributed by atoms with E-state index in [0.29, 0.717) is 10.6 Å². The Morgan fingerprint density at radius 2 is 2.07 bits per heavy atom. The molecule has 0 aromatic heterocycles. The van der Waals surface area contributed by atoms with Gasteiger partial charge in [0.15, 0.2) is 0 Å². The lowest BCUT2D eigenvalue weighted by molar-refractivity contribution is 0.629. The van der Waals surface area contributed by atoms with Crippen molar-refractivity contribution >= 4 is 11.6 Å². The molecule has 2 aromatic carbocycles. The van der Waals surface area contributed by atoms with Gasteiger partial charge in [-0.25, -0.2) is 4.39 Å². The van der Waals surface area contributed by atoms with Crippen LogP contribution in [0.5, 0.6) is 0 Å². The van der Waals surface area contributed by atoms with E-state index in [1.807, 2.05) is 19.1 Å². The van der Waals surface area contributed by atoms with E-state index in [0.717, 1.165) is 11.1 Å². The van der Waals surface area contributed by atoms with Crippen molar-refractivity contribution < 1.29 is 4.39 Å². The summed E-state index contributed by atoms with van der Waals surface area (Å²) in [5, 5.41) is 0.694. The van der Waals surface area contributed by atoms with Crippen LogP contribution in [0, 0.1) is 18.8 Å². The fourth-order valence-corrected chi connectivity index (χ4v) is 1.57. The van der Waals surface area contributed by atoms with Gasteiger partial charge >= 0.3 is 0 Å². The standard InChI is InChI=1S/C13H9ClF/c1-9-8-10(6-7-12(9)14)11-4-2-3-5-13(11)15/h2-4,6-8H,1H3. The molecule has 0 N–H and O–H groups in total. The van der Waals surface area contributed by atoms with Gasteiger partial charge in [0.2, 0.25) is 0 Å². The molecule has 0 nitrogen and oxygen atoms in total. The van der Waals surface area contributed by atoms with Crippen molar-refractivity contribution in [3.05, 3.63) is 58.9 Å². The van der Waals surface area contributed by atoms with Crippen LogP contribution in [0.15, 0.2) is 36.4 Å². The van der Waals surface area contributed by atoms with E-state index in [1.165, 1.54) is 0 Å². The second-order valence-electron chi connectivity index (χ2n) is 3.36. The van der Waals surface area contributed by atoms with E-state index in [1.54, 1.807) is 24.3 Å². The summed E-state index contributed by atoms with van der Waals surface area (Å²) in [4.78, 5) is 0. The lowest BCUT2D eigenvalue weighted by Gasteiger charge is -2.05. The monoisotopic (exact) mass is 219 g/mol. The highest BCUT2D eigenvalue weighted by Crippen LogP contribution is 2.26. The van der Waals surface area contributed by atoms with Gasteiger partial charge < -0.3 is 0 Å². The van der Waals surface area contributed by atoms with Crippen molar-refractivity contribution in [2.24, 2.45) is 0 Å². The first-order valence-corrected chi connectivity index (χ1v) is 4.99. The van der Waals surface area contributed by atoms with Gasteiger partial charge in [-0.1, -0.05) is 35.9 Å². The van der Waals surface area contributed by atoms with Crippen LogP contribution in [0.4, 0.5) is 4.39 Å². The molecule has 2 aromatic rings. The summed E-state index contributed by atoms with van der Waals surface area (Å²) >= 11 is 5.91. The van der Waals surface area contributed by atoms with Crippen molar-refractivity contribution in [1.82, 2.24) is 0 Å². The lowest BCUT2D eigenvalue weighted by atomic mass is 10.0. The van der Waals surface area contributed by atoms with Crippen LogP contribution in [-0.2, 0) is 0 Å². The second kappa shape index (κ2) is 4.03. The summed E-state index contributed by atoms with van der Waals surface area (Å²) in [7, 11) is 0. The molecule has 0 spiro atoms. The Balaban J connectivity index is 2.55. The Bertz CT molecular complexity index is 492. The molecule has 2 heteroatoms. The Kier molecular flexibility index (Phi) is 2.74. The third-order valence-corrected chi connectivity index (χ3v) is 2.70. The van der Waals surface area contributed by atoms with E-state index in [9.17, 15) is 4.39 Å². The predicted molar refractivity (Wildman–Crippen MR) is 60.4 cm³/mol. The molecule has 15 heavy (non-hydrogen) atoms. The zero-order valence-corrected chi connectivity index (χ0v) is 8.98. The molecule has 75 valence electrons. The van der Waals surface area contributed by atoms with E-state index in [-0.39, 0.29) is 5.82 Å². The number of rotatable bonds is 1. The maximum atomic E-state index is 13.4. The van der Waals surface area contributed by atoms with Gasteiger partial charge in [0.25, 0.3) is 0 Å². The van der Waals surface area contributed by atoms with Crippen LogP contribution in [0.1, 0.15) is 5.56 Å². The lowest BCUT2D eigenvalue weighted by Crippen LogP contribution is -1.85. The normalized spacial score (nSPS) is 10.3. The largest absolute Gasteiger partial charge is 0.206 e. The van der Waals surface area contributed by atoms with Crippen LogP contribution < -0.4 is 0 Å². The van der Waals surface area contributed by atoms with Gasteiger partial charge in [-0.3, -0.25) is 0 Å². The number of halogens is 2. The fourth-order valence-electron chi connectivity index (χ4n) is 1.45. The van der Waals surface area contributed by atoms with Crippen LogP contribution in [-0.4, -0.2) is 0 Å². The maximum Gasteiger partial charge on any atom is 0.138 e. The van der Waals surface area contributed by atoms with Crippen LogP contribution in [0.2, 0.25) is 5.02 Å². The van der Waals surface area contributed by atoms with E-state index in [2.05, 4.69) is 6.07 Å². The molecule has 0 aliphatic rings. The van der Waals surface area contributed by atoms with Crippen molar-refractivity contribution in [3.8, 4) is 11.1 Å². The van der Waals surface area contributed by atoms with E-state index >= 15 is 0 Å². The number of hydrogen-bond acceptors (Lipinski definition) is 0. The Morgan fingerprint density at radius 1 is 1.27 bits per heavy atom. The highest BCUT2D eigenvalue weighted by molar-refractivity contribution is 6.31. The van der Waals surface area contributed by atoms with Gasteiger partial charge in [-0.05, 0) is 30.2 Å². The second-order valence-corrected chi connectivity index (χ2v) is 3.77. The molecule has 0 saturated carbocycles. The molecule has 0 aliphatic heterocycles. The summed E-state index contributed by atoms with van der Waals surface area (Å²) in [6.45, 7) is 1.90. The zero-order valence-electron chi connectivity index (χ0n) is 8.22. The number of hydrogen-bond donors (Lipinski definition) is 0. The SMILES string of the molecule is Cc1cc(-c2ccc[c]c2F)ccc1Cl. The fraction of sp³-hybridized carbons (Fsp3) is 0.0769. The average molecular weight is 220 g/mol. The van der Waals surface area contributed by atoms with Gasteiger partial charge in [0.1, 0.15) is 5.82 Å². The summed E-state index contributed by atoms with van der Waals surface area (Å²) in [6, 6.07) is 13.0. The van der Waals surface area contributed by atoms with E-state index < -0.39 is 0 Å². The van der Waals surface area contributed by atoms with Crippen molar-refractivity contribution in [2.45, 2.75) is 6.92 Å². The summed E-state index contributed by atoms with van der Waals surface area (Å²) in [5.41, 5.74) is 2.32. The molecule has 0 unspecified atom stereocenters. The topological polar surface area (TPSA) is 0 Å². The first-order chi connectivity index (χ1) is 7.18. The smallest absolute Gasteiger partial charge is 0.138 e. The van der Waals surface area contributed by atoms with Gasteiger partial charge in [0.05, 0.1) is 0 Å². The first-order valence-electron chi connectivity index (χ1n) is 4.61. The minimum absolute atomic E-state index is 0.334. The highest BCUT2D eigenvalue weighted by atomic mass is 35.5. The van der Waals surface area contributed by atoms with Crippen molar-refractivity contribution in [3.63, 3.8) is 0 Å². The van der Waals surface area contributed by atoms with Crippen molar-refractivity contribution in [2.75, 3.05) is 0 Å². The van der Waals surface area contributed by atoms with Gasteiger partial charge in [-0.2, -0.15) is 0 Å². The molecule has 0 atom stereocenters. The molecule has 0 fully saturated rings. The highest BCUT2D eigenvalue weighted by Gasteiger charge is 2.05. The minimum Gasteiger partial charge on any atom is -0.206 e. The zero-order chi connectivity index (χ0) is 10.8. The third kappa shape index (κ3) is 2.02. The van der Waals surface area contributed by atoms with Gasteiger partial charge in [-0.15, -0.1) is 0 Å². The molecule has 0 saturated heterocycles. The van der Waals surface area contributed by atoms with Crippen LogP contribution >= 0.6 is 11.6 Å². The molecule has 0 amide bonds. The quantitative estimate of drug-likeness (QED) is 0.673. The minimum atomic E-state index is -0.334. The summed E-state index contributed by atoms with van der Waals surface area (Å²) in [5.74, 6) is -0.334. The molecule has 2 rings (SSSR count).